The highest BCUT2D eigenvalue weighted by molar-refractivity contribution is 6.34. The molecule has 0 spiro atoms. The van der Waals surface area contributed by atoms with Crippen molar-refractivity contribution in [2.24, 2.45) is 0 Å². The molecule has 1 aromatic carbocycles. The highest BCUT2D eigenvalue weighted by Gasteiger charge is 2.12. The molecule has 104 valence electrons. The minimum atomic E-state index is -0.307. The van der Waals surface area contributed by atoms with E-state index in [4.69, 9.17) is 11.6 Å². The van der Waals surface area contributed by atoms with E-state index >= 15 is 0 Å². The van der Waals surface area contributed by atoms with Crippen LogP contribution in [-0.4, -0.2) is 15.9 Å². The van der Waals surface area contributed by atoms with Gasteiger partial charge in [-0.2, -0.15) is 0 Å². The minimum Gasteiger partial charge on any atom is -0.319 e. The Morgan fingerprint density at radius 2 is 2.00 bits per heavy atom. The minimum absolute atomic E-state index is 0.280. The first kappa shape index (κ1) is 13.5. The van der Waals surface area contributed by atoms with E-state index in [0.29, 0.717) is 10.8 Å². The van der Waals surface area contributed by atoms with Crippen LogP contribution in [0, 0.1) is 6.92 Å². The summed E-state index contributed by atoms with van der Waals surface area (Å²) < 4.78 is 0. The van der Waals surface area contributed by atoms with Crippen LogP contribution in [0.2, 0.25) is 5.15 Å². The van der Waals surface area contributed by atoms with Crippen LogP contribution in [-0.2, 0) is 0 Å². The Labute approximate surface area is 126 Å². The summed E-state index contributed by atoms with van der Waals surface area (Å²) in [5, 5.41) is 4.82. The number of hydrogen-bond acceptors (Lipinski definition) is 3. The van der Waals surface area contributed by atoms with E-state index in [9.17, 15) is 4.79 Å². The first-order chi connectivity index (χ1) is 10.1. The number of rotatable bonds is 2. The molecule has 1 amide bonds. The van der Waals surface area contributed by atoms with Crippen molar-refractivity contribution in [1.29, 1.82) is 0 Å². The molecule has 5 heteroatoms. The van der Waals surface area contributed by atoms with E-state index < -0.39 is 0 Å². The van der Waals surface area contributed by atoms with Gasteiger partial charge < -0.3 is 5.32 Å². The Morgan fingerprint density at radius 1 is 1.19 bits per heavy atom. The third-order valence-corrected chi connectivity index (χ3v) is 3.47. The van der Waals surface area contributed by atoms with Gasteiger partial charge in [-0.25, -0.2) is 4.98 Å². The quantitative estimate of drug-likeness (QED) is 0.731. The second kappa shape index (κ2) is 5.50. The Kier molecular flexibility index (Phi) is 3.54. The molecular weight excluding hydrogens is 286 g/mol. The third kappa shape index (κ3) is 2.71. The summed E-state index contributed by atoms with van der Waals surface area (Å²) in [6, 6.07) is 12.8. The summed E-state index contributed by atoms with van der Waals surface area (Å²) in [7, 11) is 0. The van der Waals surface area contributed by atoms with Crippen molar-refractivity contribution in [2.45, 2.75) is 6.92 Å². The van der Waals surface area contributed by atoms with Crippen LogP contribution in [0.15, 0.2) is 48.7 Å². The zero-order valence-corrected chi connectivity index (χ0v) is 12.1. The summed E-state index contributed by atoms with van der Waals surface area (Å²) in [5.74, 6) is -0.307. The smallest absolute Gasteiger partial charge is 0.274 e. The van der Waals surface area contributed by atoms with Gasteiger partial charge >= 0.3 is 0 Å². The van der Waals surface area contributed by atoms with Crippen molar-refractivity contribution >= 4 is 34.0 Å². The van der Waals surface area contributed by atoms with Gasteiger partial charge in [0.05, 0.1) is 11.4 Å². The van der Waals surface area contributed by atoms with Gasteiger partial charge in [-0.3, -0.25) is 9.78 Å². The molecule has 0 aliphatic heterocycles. The molecule has 21 heavy (non-hydrogen) atoms. The molecule has 0 saturated heterocycles. The second-order valence-corrected chi connectivity index (χ2v) is 4.97. The molecule has 0 fully saturated rings. The highest BCUT2D eigenvalue weighted by atomic mass is 35.5. The maximum Gasteiger partial charge on any atom is 0.274 e. The van der Waals surface area contributed by atoms with Gasteiger partial charge in [0.25, 0.3) is 5.91 Å². The number of carbonyl (C=O) groups is 1. The molecule has 0 aliphatic rings. The number of nitrogens with zero attached hydrogens (tertiary/aromatic N) is 2. The number of carbonyl (C=O) groups excluding carboxylic acids is 1. The van der Waals surface area contributed by atoms with Gasteiger partial charge in [-0.15, -0.1) is 0 Å². The SMILES string of the molecule is Cc1ncccc1NC(=O)c1cc2ccccc2c(Cl)n1. The predicted octanol–water partition coefficient (Wildman–Crippen LogP) is 3.84. The fourth-order valence-electron chi connectivity index (χ4n) is 2.08. The topological polar surface area (TPSA) is 54.9 Å². The molecule has 1 N–H and O–H groups in total. The Balaban J connectivity index is 1.97. The molecule has 4 nitrogen and oxygen atoms in total. The Morgan fingerprint density at radius 3 is 2.81 bits per heavy atom. The highest BCUT2D eigenvalue weighted by Crippen LogP contribution is 2.23. The van der Waals surface area contributed by atoms with E-state index in [0.717, 1.165) is 16.5 Å². The molecule has 0 unspecified atom stereocenters. The van der Waals surface area contributed by atoms with E-state index in [1.807, 2.05) is 31.2 Å². The van der Waals surface area contributed by atoms with E-state index in [2.05, 4.69) is 15.3 Å². The lowest BCUT2D eigenvalue weighted by Crippen LogP contribution is -2.14. The van der Waals surface area contributed by atoms with Crippen LogP contribution in [0.5, 0.6) is 0 Å². The number of halogens is 1. The number of benzene rings is 1. The van der Waals surface area contributed by atoms with Crippen molar-refractivity contribution in [3.63, 3.8) is 0 Å². The van der Waals surface area contributed by atoms with Crippen molar-refractivity contribution in [2.75, 3.05) is 5.32 Å². The third-order valence-electron chi connectivity index (χ3n) is 3.18. The number of hydrogen-bond donors (Lipinski definition) is 1. The van der Waals surface area contributed by atoms with Crippen molar-refractivity contribution in [3.8, 4) is 0 Å². The van der Waals surface area contributed by atoms with Crippen LogP contribution in [0.4, 0.5) is 5.69 Å². The van der Waals surface area contributed by atoms with Crippen LogP contribution in [0.1, 0.15) is 16.2 Å². The fraction of sp³-hybridized carbons (Fsp3) is 0.0625. The van der Waals surface area contributed by atoms with Crippen molar-refractivity contribution in [1.82, 2.24) is 9.97 Å². The van der Waals surface area contributed by atoms with Gasteiger partial charge in [0.15, 0.2) is 0 Å². The van der Waals surface area contributed by atoms with E-state index in [1.165, 1.54) is 0 Å². The molecule has 0 saturated carbocycles. The first-order valence-corrected chi connectivity index (χ1v) is 6.81. The monoisotopic (exact) mass is 297 g/mol. The number of pyridine rings is 2. The van der Waals surface area contributed by atoms with E-state index in [-0.39, 0.29) is 11.6 Å². The van der Waals surface area contributed by atoms with Crippen LogP contribution in [0.25, 0.3) is 10.8 Å². The van der Waals surface area contributed by atoms with Gasteiger partial charge in [-0.05, 0) is 30.5 Å². The number of aromatic nitrogens is 2. The number of anilines is 1. The lowest BCUT2D eigenvalue weighted by Gasteiger charge is -2.08. The molecule has 3 rings (SSSR count). The van der Waals surface area contributed by atoms with Gasteiger partial charge in [0, 0.05) is 11.6 Å². The van der Waals surface area contributed by atoms with Crippen LogP contribution in [0.3, 0.4) is 0 Å². The average Bonchev–Trinajstić information content (AvgIpc) is 2.49. The maximum absolute atomic E-state index is 12.3. The zero-order chi connectivity index (χ0) is 14.8. The zero-order valence-electron chi connectivity index (χ0n) is 11.3. The summed E-state index contributed by atoms with van der Waals surface area (Å²) in [5.41, 5.74) is 1.69. The second-order valence-electron chi connectivity index (χ2n) is 4.61. The number of fused-ring (bicyclic) bond motifs is 1. The van der Waals surface area contributed by atoms with Gasteiger partial charge in [0.1, 0.15) is 10.8 Å². The number of aryl methyl sites for hydroxylation is 1. The van der Waals surface area contributed by atoms with E-state index in [1.54, 1.807) is 24.4 Å². The fourth-order valence-corrected chi connectivity index (χ4v) is 2.34. The summed E-state index contributed by atoms with van der Waals surface area (Å²) >= 11 is 6.14. The largest absolute Gasteiger partial charge is 0.319 e. The Hall–Kier alpha value is -2.46. The molecule has 0 aliphatic carbocycles. The van der Waals surface area contributed by atoms with Crippen molar-refractivity contribution < 1.29 is 4.79 Å². The number of amides is 1. The Bertz CT molecular complexity index is 833. The maximum atomic E-state index is 12.3. The summed E-state index contributed by atoms with van der Waals surface area (Å²) in [4.78, 5) is 20.6. The molecule has 2 aromatic heterocycles. The molecule has 2 heterocycles. The van der Waals surface area contributed by atoms with Gasteiger partial charge in [0.2, 0.25) is 0 Å². The lowest BCUT2D eigenvalue weighted by atomic mass is 10.1. The van der Waals surface area contributed by atoms with Crippen LogP contribution >= 0.6 is 11.6 Å². The molecule has 0 bridgehead atoms. The van der Waals surface area contributed by atoms with Crippen LogP contribution < -0.4 is 5.32 Å². The normalized spacial score (nSPS) is 10.6. The van der Waals surface area contributed by atoms with Gasteiger partial charge in [-0.1, -0.05) is 35.9 Å². The first-order valence-electron chi connectivity index (χ1n) is 6.43. The average molecular weight is 298 g/mol. The molecular formula is C16H12ClN3O. The number of nitrogens with one attached hydrogen (secondary N) is 1. The summed E-state index contributed by atoms with van der Waals surface area (Å²) in [6.45, 7) is 1.83. The summed E-state index contributed by atoms with van der Waals surface area (Å²) in [6.07, 6.45) is 1.68. The molecule has 0 atom stereocenters. The predicted molar refractivity (Wildman–Crippen MR) is 83.7 cm³/mol. The molecule has 3 aromatic rings. The lowest BCUT2D eigenvalue weighted by molar-refractivity contribution is 0.102. The standard InChI is InChI=1S/C16H12ClN3O/c1-10-13(7-4-8-18-10)20-16(21)14-9-11-5-2-3-6-12(11)15(17)19-14/h2-9H,1H3,(H,20,21). The molecule has 0 radical (unpaired) electrons. The van der Waals surface area contributed by atoms with Crippen molar-refractivity contribution in [3.05, 3.63) is 65.2 Å².